The Labute approximate surface area is 137 Å². The van der Waals surface area contributed by atoms with E-state index >= 15 is 0 Å². The van der Waals surface area contributed by atoms with E-state index in [0.29, 0.717) is 10.7 Å². The molecule has 3 aromatic rings. The van der Waals surface area contributed by atoms with E-state index in [0.717, 1.165) is 5.56 Å². The number of carbonyl (C=O) groups is 1. The molecule has 5 nitrogen and oxygen atoms in total. The Balaban J connectivity index is 1.89. The molecule has 2 aromatic heterocycles. The standard InChI is InChI=1S/C17H14ClN3O2/c1-11(12-5-4-6-13(18)9-12)20-16(22)14-10-19-15-7-2-3-8-21(15)17(14)23/h2-11H,1H3,(H,20,22). The van der Waals surface area contributed by atoms with Gasteiger partial charge in [0, 0.05) is 17.4 Å². The summed E-state index contributed by atoms with van der Waals surface area (Å²) in [5, 5.41) is 3.39. The average molecular weight is 328 g/mol. The first kappa shape index (κ1) is 15.2. The van der Waals surface area contributed by atoms with E-state index in [1.54, 1.807) is 36.5 Å². The zero-order chi connectivity index (χ0) is 16.4. The van der Waals surface area contributed by atoms with Gasteiger partial charge in [0.2, 0.25) is 0 Å². The zero-order valence-electron chi connectivity index (χ0n) is 12.4. The maximum Gasteiger partial charge on any atom is 0.270 e. The van der Waals surface area contributed by atoms with Gasteiger partial charge in [0.15, 0.2) is 0 Å². The van der Waals surface area contributed by atoms with Crippen molar-refractivity contribution in [3.63, 3.8) is 0 Å². The number of hydrogen-bond donors (Lipinski definition) is 1. The second kappa shape index (κ2) is 6.22. The molecule has 1 atom stereocenters. The first-order valence-electron chi connectivity index (χ1n) is 7.09. The highest BCUT2D eigenvalue weighted by molar-refractivity contribution is 6.30. The van der Waals surface area contributed by atoms with E-state index in [4.69, 9.17) is 11.6 Å². The smallest absolute Gasteiger partial charge is 0.270 e. The highest BCUT2D eigenvalue weighted by Crippen LogP contribution is 2.17. The van der Waals surface area contributed by atoms with Crippen molar-refractivity contribution in [2.75, 3.05) is 0 Å². The minimum absolute atomic E-state index is 0.00239. The van der Waals surface area contributed by atoms with Gasteiger partial charge in [-0.05, 0) is 36.8 Å². The summed E-state index contributed by atoms with van der Waals surface area (Å²) in [6.45, 7) is 1.83. The number of halogens is 1. The van der Waals surface area contributed by atoms with Gasteiger partial charge in [-0.15, -0.1) is 0 Å². The quantitative estimate of drug-likeness (QED) is 0.804. The summed E-state index contributed by atoms with van der Waals surface area (Å²) in [5.74, 6) is -0.465. The summed E-state index contributed by atoms with van der Waals surface area (Å²) < 4.78 is 1.35. The van der Waals surface area contributed by atoms with Crippen LogP contribution in [0.25, 0.3) is 5.65 Å². The minimum atomic E-state index is -0.465. The van der Waals surface area contributed by atoms with Crippen LogP contribution in [0.3, 0.4) is 0 Å². The van der Waals surface area contributed by atoms with Crippen LogP contribution in [-0.4, -0.2) is 15.3 Å². The van der Waals surface area contributed by atoms with Crippen molar-refractivity contribution >= 4 is 23.2 Å². The maximum atomic E-state index is 12.4. The van der Waals surface area contributed by atoms with Crippen LogP contribution in [0.5, 0.6) is 0 Å². The Morgan fingerprint density at radius 1 is 1.26 bits per heavy atom. The molecule has 0 bridgehead atoms. The molecule has 2 heterocycles. The maximum absolute atomic E-state index is 12.4. The zero-order valence-corrected chi connectivity index (χ0v) is 13.1. The number of carbonyl (C=O) groups excluding carboxylic acids is 1. The Hall–Kier alpha value is -2.66. The number of nitrogens with zero attached hydrogens (tertiary/aromatic N) is 2. The third-order valence-electron chi connectivity index (χ3n) is 3.55. The van der Waals surface area contributed by atoms with Gasteiger partial charge in [0.25, 0.3) is 11.5 Å². The van der Waals surface area contributed by atoms with Crippen LogP contribution in [-0.2, 0) is 0 Å². The normalized spacial score (nSPS) is 12.1. The van der Waals surface area contributed by atoms with E-state index in [1.165, 1.54) is 10.6 Å². The molecule has 0 saturated heterocycles. The number of benzene rings is 1. The largest absolute Gasteiger partial charge is 0.345 e. The molecule has 0 spiro atoms. The summed E-state index contributed by atoms with van der Waals surface area (Å²) in [5.41, 5.74) is 0.964. The Bertz CT molecular complexity index is 936. The van der Waals surface area contributed by atoms with Crippen LogP contribution in [0.15, 0.2) is 59.7 Å². The van der Waals surface area contributed by atoms with Gasteiger partial charge in [0.1, 0.15) is 11.2 Å². The predicted molar refractivity (Wildman–Crippen MR) is 88.8 cm³/mol. The molecule has 0 radical (unpaired) electrons. The van der Waals surface area contributed by atoms with Gasteiger partial charge in [-0.2, -0.15) is 0 Å². The number of rotatable bonds is 3. The van der Waals surface area contributed by atoms with Crippen LogP contribution in [0.4, 0.5) is 0 Å². The average Bonchev–Trinajstić information content (AvgIpc) is 2.55. The molecule has 0 aliphatic rings. The van der Waals surface area contributed by atoms with Gasteiger partial charge in [-0.3, -0.25) is 14.0 Å². The predicted octanol–water partition coefficient (Wildman–Crippen LogP) is 2.84. The van der Waals surface area contributed by atoms with E-state index < -0.39 is 11.5 Å². The lowest BCUT2D eigenvalue weighted by molar-refractivity contribution is 0.0938. The number of hydrogen-bond acceptors (Lipinski definition) is 3. The van der Waals surface area contributed by atoms with Gasteiger partial charge < -0.3 is 5.32 Å². The molecule has 1 unspecified atom stereocenters. The van der Waals surface area contributed by atoms with Crippen molar-refractivity contribution in [3.05, 3.63) is 81.4 Å². The molecule has 0 saturated carbocycles. The molecule has 116 valence electrons. The fraction of sp³-hybridized carbons (Fsp3) is 0.118. The third-order valence-corrected chi connectivity index (χ3v) is 3.79. The summed E-state index contributed by atoms with van der Waals surface area (Å²) in [4.78, 5) is 28.9. The second-order valence-electron chi connectivity index (χ2n) is 5.16. The highest BCUT2D eigenvalue weighted by Gasteiger charge is 2.16. The van der Waals surface area contributed by atoms with Crippen LogP contribution in [0.2, 0.25) is 5.02 Å². The number of aromatic nitrogens is 2. The fourth-order valence-electron chi connectivity index (χ4n) is 2.32. The van der Waals surface area contributed by atoms with Crippen molar-refractivity contribution in [3.8, 4) is 0 Å². The van der Waals surface area contributed by atoms with E-state index in [-0.39, 0.29) is 11.6 Å². The van der Waals surface area contributed by atoms with E-state index in [1.807, 2.05) is 19.1 Å². The summed E-state index contributed by atoms with van der Waals surface area (Å²) >= 11 is 5.96. The Morgan fingerprint density at radius 3 is 2.87 bits per heavy atom. The van der Waals surface area contributed by atoms with Crippen LogP contribution in [0.1, 0.15) is 28.9 Å². The van der Waals surface area contributed by atoms with Gasteiger partial charge in [-0.1, -0.05) is 29.8 Å². The second-order valence-corrected chi connectivity index (χ2v) is 5.59. The molecule has 0 aliphatic carbocycles. The molecule has 6 heteroatoms. The molecule has 1 amide bonds. The highest BCUT2D eigenvalue weighted by atomic mass is 35.5. The first-order chi connectivity index (χ1) is 11.1. The lowest BCUT2D eigenvalue weighted by Gasteiger charge is -2.14. The molecule has 1 N–H and O–H groups in total. The van der Waals surface area contributed by atoms with Crippen LogP contribution >= 0.6 is 11.6 Å². The summed E-state index contributed by atoms with van der Waals surface area (Å²) in [6.07, 6.45) is 2.89. The lowest BCUT2D eigenvalue weighted by Crippen LogP contribution is -2.33. The van der Waals surface area contributed by atoms with Crippen LogP contribution in [0, 0.1) is 0 Å². The molecule has 0 fully saturated rings. The lowest BCUT2D eigenvalue weighted by atomic mass is 10.1. The molecular weight excluding hydrogens is 314 g/mol. The number of fused-ring (bicyclic) bond motifs is 1. The van der Waals surface area contributed by atoms with Gasteiger partial charge in [0.05, 0.1) is 6.04 Å². The fourth-order valence-corrected chi connectivity index (χ4v) is 2.51. The summed E-state index contributed by atoms with van der Waals surface area (Å²) in [6, 6.07) is 12.1. The molecule has 1 aromatic carbocycles. The summed E-state index contributed by atoms with van der Waals surface area (Å²) in [7, 11) is 0. The number of nitrogens with one attached hydrogen (secondary N) is 1. The topological polar surface area (TPSA) is 63.5 Å². The van der Waals surface area contributed by atoms with Gasteiger partial charge in [-0.25, -0.2) is 4.98 Å². The number of amides is 1. The Morgan fingerprint density at radius 2 is 2.09 bits per heavy atom. The first-order valence-corrected chi connectivity index (χ1v) is 7.47. The monoisotopic (exact) mass is 327 g/mol. The van der Waals surface area contributed by atoms with Crippen molar-refractivity contribution in [2.45, 2.75) is 13.0 Å². The van der Waals surface area contributed by atoms with E-state index in [9.17, 15) is 9.59 Å². The molecular formula is C17H14ClN3O2. The number of pyridine rings is 1. The van der Waals surface area contributed by atoms with Crippen molar-refractivity contribution < 1.29 is 4.79 Å². The molecule has 3 rings (SSSR count). The Kier molecular flexibility index (Phi) is 4.12. The van der Waals surface area contributed by atoms with Crippen molar-refractivity contribution in [1.82, 2.24) is 14.7 Å². The van der Waals surface area contributed by atoms with Gasteiger partial charge >= 0.3 is 0 Å². The molecule has 23 heavy (non-hydrogen) atoms. The van der Waals surface area contributed by atoms with Crippen molar-refractivity contribution in [1.29, 1.82) is 0 Å². The SMILES string of the molecule is CC(NC(=O)c1cnc2ccccn2c1=O)c1cccc(Cl)c1. The third kappa shape index (κ3) is 3.10. The molecule has 0 aliphatic heterocycles. The van der Waals surface area contributed by atoms with Crippen LogP contribution < -0.4 is 10.9 Å². The minimum Gasteiger partial charge on any atom is -0.345 e. The van der Waals surface area contributed by atoms with Crippen molar-refractivity contribution in [2.24, 2.45) is 0 Å². The van der Waals surface area contributed by atoms with E-state index in [2.05, 4.69) is 10.3 Å².